The van der Waals surface area contributed by atoms with E-state index in [9.17, 15) is 9.59 Å². The highest BCUT2D eigenvalue weighted by atomic mass is 16.5. The van der Waals surface area contributed by atoms with E-state index < -0.39 is 0 Å². The summed E-state index contributed by atoms with van der Waals surface area (Å²) in [5, 5.41) is 3.49. The fraction of sp³-hybridized carbons (Fsp3) is 0.238. The Morgan fingerprint density at radius 1 is 0.966 bits per heavy atom. The van der Waals surface area contributed by atoms with Crippen LogP contribution in [0.2, 0.25) is 0 Å². The van der Waals surface area contributed by atoms with Gasteiger partial charge >= 0.3 is 0 Å². The van der Waals surface area contributed by atoms with Crippen LogP contribution in [-0.4, -0.2) is 57.1 Å². The topological polar surface area (TPSA) is 92.9 Å². The summed E-state index contributed by atoms with van der Waals surface area (Å²) in [5.41, 5.74) is 1.90. The second-order valence-electron chi connectivity index (χ2n) is 6.52. The molecule has 2 aromatic carbocycles. The first-order valence-corrected chi connectivity index (χ1v) is 8.84. The van der Waals surface area contributed by atoms with Crippen molar-refractivity contribution in [1.29, 1.82) is 0 Å². The van der Waals surface area contributed by atoms with Crippen molar-refractivity contribution in [2.75, 3.05) is 40.7 Å². The van der Waals surface area contributed by atoms with Crippen molar-refractivity contribution in [3.63, 3.8) is 0 Å². The molecule has 0 saturated carbocycles. The predicted octanol–water partition coefficient (Wildman–Crippen LogP) is 3.15. The third-order valence-corrected chi connectivity index (χ3v) is 4.46. The van der Waals surface area contributed by atoms with Gasteiger partial charge in [0.25, 0.3) is 11.8 Å². The monoisotopic (exact) mass is 397 g/mol. The molecule has 1 aromatic heterocycles. The Hall–Kier alpha value is -3.68. The number of anilines is 1. The molecule has 0 aliphatic rings. The molecule has 8 heteroatoms. The second-order valence-corrected chi connectivity index (χ2v) is 6.52. The number of amides is 2. The molecule has 0 unspecified atom stereocenters. The zero-order valence-corrected chi connectivity index (χ0v) is 17.0. The van der Waals surface area contributed by atoms with E-state index in [-0.39, 0.29) is 11.8 Å². The van der Waals surface area contributed by atoms with Crippen LogP contribution in [0.1, 0.15) is 20.8 Å². The Balaban J connectivity index is 1.96. The number of fused-ring (bicyclic) bond motifs is 1. The number of nitrogens with one attached hydrogen (secondary N) is 2. The van der Waals surface area contributed by atoms with Gasteiger partial charge in [-0.2, -0.15) is 0 Å². The number of benzene rings is 2. The molecule has 0 atom stereocenters. The molecule has 0 radical (unpaired) electrons. The van der Waals surface area contributed by atoms with Crippen molar-refractivity contribution >= 4 is 28.4 Å². The molecule has 0 saturated heterocycles. The molecule has 3 rings (SSSR count). The summed E-state index contributed by atoms with van der Waals surface area (Å²) in [4.78, 5) is 29.5. The number of ether oxygens (including phenoxy) is 3. The molecule has 0 aliphatic heterocycles. The summed E-state index contributed by atoms with van der Waals surface area (Å²) in [7, 11) is 7.94. The van der Waals surface area contributed by atoms with Crippen LogP contribution >= 0.6 is 0 Å². The van der Waals surface area contributed by atoms with Crippen LogP contribution in [0.15, 0.2) is 36.4 Å². The SMILES string of the molecule is COc1cc(OC)c2cc(C(=O)Nc3cccc(C(=O)N(C)C)c3)[nH]c2c1OC. The third-order valence-electron chi connectivity index (χ3n) is 4.46. The van der Waals surface area contributed by atoms with Gasteiger partial charge in [0.05, 0.1) is 26.8 Å². The number of aromatic amines is 1. The van der Waals surface area contributed by atoms with Gasteiger partial charge < -0.3 is 29.4 Å². The summed E-state index contributed by atoms with van der Waals surface area (Å²) < 4.78 is 16.2. The van der Waals surface area contributed by atoms with Crippen molar-refractivity contribution < 1.29 is 23.8 Å². The molecule has 152 valence electrons. The van der Waals surface area contributed by atoms with Gasteiger partial charge in [-0.3, -0.25) is 9.59 Å². The van der Waals surface area contributed by atoms with E-state index in [0.29, 0.717) is 45.1 Å². The molecular formula is C21H23N3O5. The predicted molar refractivity (Wildman–Crippen MR) is 110 cm³/mol. The van der Waals surface area contributed by atoms with Crippen LogP contribution in [0.25, 0.3) is 10.9 Å². The molecule has 0 fully saturated rings. The first-order valence-electron chi connectivity index (χ1n) is 8.84. The number of hydrogen-bond acceptors (Lipinski definition) is 5. The maximum atomic E-state index is 12.8. The molecule has 0 spiro atoms. The van der Waals surface area contributed by atoms with Gasteiger partial charge in [0.15, 0.2) is 11.5 Å². The Kier molecular flexibility index (Phi) is 5.63. The van der Waals surface area contributed by atoms with Crippen molar-refractivity contribution in [3.05, 3.63) is 47.7 Å². The van der Waals surface area contributed by atoms with Crippen molar-refractivity contribution in [1.82, 2.24) is 9.88 Å². The van der Waals surface area contributed by atoms with Crippen LogP contribution in [-0.2, 0) is 0 Å². The lowest BCUT2D eigenvalue weighted by molar-refractivity contribution is 0.0827. The van der Waals surface area contributed by atoms with Crippen LogP contribution in [0.5, 0.6) is 17.2 Å². The fourth-order valence-corrected chi connectivity index (χ4v) is 3.05. The number of H-pyrrole nitrogens is 1. The zero-order chi connectivity index (χ0) is 21.1. The normalized spacial score (nSPS) is 10.5. The van der Waals surface area contributed by atoms with Crippen molar-refractivity contribution in [2.45, 2.75) is 0 Å². The van der Waals surface area contributed by atoms with Gasteiger partial charge in [0.1, 0.15) is 11.4 Å². The number of carbonyl (C=O) groups excluding carboxylic acids is 2. The molecule has 29 heavy (non-hydrogen) atoms. The molecule has 2 amide bonds. The lowest BCUT2D eigenvalue weighted by Crippen LogP contribution is -2.22. The van der Waals surface area contributed by atoms with Gasteiger partial charge in [-0.05, 0) is 24.3 Å². The molecule has 3 aromatic rings. The van der Waals surface area contributed by atoms with Crippen LogP contribution < -0.4 is 19.5 Å². The van der Waals surface area contributed by atoms with Crippen LogP contribution in [0, 0.1) is 0 Å². The summed E-state index contributed by atoms with van der Waals surface area (Å²) in [6.07, 6.45) is 0. The standard InChI is InChI=1S/C21H23N3O5/c1-24(2)21(26)12-7-6-8-13(9-12)22-20(25)15-10-14-16(27-3)11-17(28-4)19(29-5)18(14)23-15/h6-11,23H,1-5H3,(H,22,25). The number of nitrogens with zero attached hydrogens (tertiary/aromatic N) is 1. The van der Waals surface area contributed by atoms with E-state index in [1.165, 1.54) is 19.1 Å². The summed E-state index contributed by atoms with van der Waals surface area (Å²) in [6, 6.07) is 10.1. The Bertz CT molecular complexity index is 1070. The maximum Gasteiger partial charge on any atom is 0.272 e. The Morgan fingerprint density at radius 3 is 2.31 bits per heavy atom. The van der Waals surface area contributed by atoms with E-state index in [1.807, 2.05) is 0 Å². The fourth-order valence-electron chi connectivity index (χ4n) is 3.05. The molecule has 2 N–H and O–H groups in total. The highest BCUT2D eigenvalue weighted by Crippen LogP contribution is 2.41. The molecule has 0 bridgehead atoms. The largest absolute Gasteiger partial charge is 0.496 e. The van der Waals surface area contributed by atoms with E-state index in [1.54, 1.807) is 57.6 Å². The number of hydrogen-bond donors (Lipinski definition) is 2. The minimum absolute atomic E-state index is 0.145. The van der Waals surface area contributed by atoms with Gasteiger partial charge in [-0.15, -0.1) is 0 Å². The van der Waals surface area contributed by atoms with E-state index >= 15 is 0 Å². The minimum atomic E-state index is -0.362. The average Bonchev–Trinajstić information content (AvgIpc) is 3.17. The minimum Gasteiger partial charge on any atom is -0.496 e. The summed E-state index contributed by atoms with van der Waals surface area (Å²) in [6.45, 7) is 0. The lowest BCUT2D eigenvalue weighted by Gasteiger charge is -2.11. The highest BCUT2D eigenvalue weighted by molar-refractivity contribution is 6.08. The summed E-state index contributed by atoms with van der Waals surface area (Å²) in [5.74, 6) is 1.00. The average molecular weight is 397 g/mol. The van der Waals surface area contributed by atoms with E-state index in [2.05, 4.69) is 10.3 Å². The lowest BCUT2D eigenvalue weighted by atomic mass is 10.1. The third kappa shape index (κ3) is 3.82. The molecule has 0 aliphatic carbocycles. The first-order chi connectivity index (χ1) is 13.9. The molecule has 8 nitrogen and oxygen atoms in total. The summed E-state index contributed by atoms with van der Waals surface area (Å²) >= 11 is 0. The number of carbonyl (C=O) groups is 2. The molecular weight excluding hydrogens is 374 g/mol. The highest BCUT2D eigenvalue weighted by Gasteiger charge is 2.20. The second kappa shape index (κ2) is 8.14. The van der Waals surface area contributed by atoms with E-state index in [0.717, 1.165) is 0 Å². The van der Waals surface area contributed by atoms with E-state index in [4.69, 9.17) is 14.2 Å². The first kappa shape index (κ1) is 20.1. The van der Waals surface area contributed by atoms with Gasteiger partial charge in [0, 0.05) is 36.8 Å². The number of aromatic nitrogens is 1. The molecule has 1 heterocycles. The van der Waals surface area contributed by atoms with Gasteiger partial charge in [-0.25, -0.2) is 0 Å². The van der Waals surface area contributed by atoms with Gasteiger partial charge in [0.2, 0.25) is 0 Å². The smallest absolute Gasteiger partial charge is 0.272 e. The quantitative estimate of drug-likeness (QED) is 0.667. The van der Waals surface area contributed by atoms with Crippen LogP contribution in [0.3, 0.4) is 0 Å². The number of methoxy groups -OCH3 is 3. The Labute approximate surface area is 168 Å². The number of rotatable bonds is 6. The van der Waals surface area contributed by atoms with Crippen LogP contribution in [0.4, 0.5) is 5.69 Å². The van der Waals surface area contributed by atoms with Gasteiger partial charge in [-0.1, -0.05) is 6.07 Å². The maximum absolute atomic E-state index is 12.8. The zero-order valence-electron chi connectivity index (χ0n) is 17.0. The van der Waals surface area contributed by atoms with Crippen molar-refractivity contribution in [2.24, 2.45) is 0 Å². The Morgan fingerprint density at radius 2 is 1.69 bits per heavy atom. The van der Waals surface area contributed by atoms with Crippen molar-refractivity contribution in [3.8, 4) is 17.2 Å².